The first kappa shape index (κ1) is 16.1. The molecule has 0 aliphatic heterocycles. The lowest BCUT2D eigenvalue weighted by Crippen LogP contribution is -2.29. The van der Waals surface area contributed by atoms with Gasteiger partial charge in [0.25, 0.3) is 11.5 Å². The number of carbonyl (C=O) groups is 1. The minimum Gasteiger partial charge on any atom is -0.385 e. The molecule has 3 aromatic rings. The molecule has 4 rings (SSSR count). The first-order chi connectivity index (χ1) is 12.6. The number of hydrogen-bond acceptors (Lipinski definition) is 6. The predicted octanol–water partition coefficient (Wildman–Crippen LogP) is 0.648. The molecule has 10 heteroatoms. The largest absolute Gasteiger partial charge is 0.385 e. The molecule has 3 N–H and O–H groups in total. The van der Waals surface area contributed by atoms with Crippen molar-refractivity contribution in [2.75, 3.05) is 17.8 Å². The Kier molecular flexibility index (Phi) is 3.79. The summed E-state index contributed by atoms with van der Waals surface area (Å²) in [5.41, 5.74) is 3.84. The minimum atomic E-state index is -0.999. The van der Waals surface area contributed by atoms with Crippen LogP contribution in [0.15, 0.2) is 41.5 Å². The monoisotopic (exact) mass is 357 g/mol. The highest BCUT2D eigenvalue weighted by atomic mass is 19.1. The lowest BCUT2D eigenvalue weighted by Gasteiger charge is -2.11. The molecule has 1 saturated carbocycles. The van der Waals surface area contributed by atoms with Gasteiger partial charge in [0.15, 0.2) is 17.2 Å². The second-order valence-electron chi connectivity index (χ2n) is 5.92. The van der Waals surface area contributed by atoms with E-state index >= 15 is 0 Å². The second-order valence-corrected chi connectivity index (χ2v) is 5.92. The maximum atomic E-state index is 13.0. The van der Waals surface area contributed by atoms with Gasteiger partial charge in [-0.15, -0.1) is 5.10 Å². The normalized spacial score (nSPS) is 18.5. The summed E-state index contributed by atoms with van der Waals surface area (Å²) in [6, 6.07) is 5.95. The van der Waals surface area contributed by atoms with Crippen molar-refractivity contribution in [1.82, 2.24) is 24.6 Å². The summed E-state index contributed by atoms with van der Waals surface area (Å²) in [6.45, 7) is 0. The van der Waals surface area contributed by atoms with E-state index in [1.54, 1.807) is 31.4 Å². The molecular weight excluding hydrogens is 341 g/mol. The lowest BCUT2D eigenvalue weighted by atomic mass is 10.4. The smallest absolute Gasteiger partial charge is 0.271 e. The van der Waals surface area contributed by atoms with Crippen molar-refractivity contribution in [3.8, 4) is 0 Å². The molecule has 3 aromatic heterocycles. The quantitative estimate of drug-likeness (QED) is 0.619. The third kappa shape index (κ3) is 2.85. The van der Waals surface area contributed by atoms with Crippen LogP contribution in [0, 0.1) is 0 Å². The van der Waals surface area contributed by atoms with Crippen molar-refractivity contribution >= 4 is 23.1 Å². The molecule has 1 amide bonds. The number of rotatable bonds is 5. The van der Waals surface area contributed by atoms with Crippen LogP contribution in [0.25, 0.3) is 5.65 Å². The zero-order chi connectivity index (χ0) is 18.3. The molecule has 26 heavy (non-hydrogen) atoms. The number of alkyl halides is 1. The van der Waals surface area contributed by atoms with E-state index in [0.717, 1.165) is 0 Å². The van der Waals surface area contributed by atoms with Crippen molar-refractivity contribution in [2.45, 2.75) is 18.6 Å². The number of nitrogens with one attached hydrogen (secondary N) is 3. The number of anilines is 2. The minimum absolute atomic E-state index is 0.180. The SMILES string of the molecule is CNc1cc(Nn2ccccc2=O)nn2c(C(=O)N[C@@H]3C[C@@H]3F)cnc12. The number of nitrogens with zero attached hydrogens (tertiary/aromatic N) is 4. The first-order valence-corrected chi connectivity index (χ1v) is 8.03. The Morgan fingerprint density at radius 3 is 2.88 bits per heavy atom. The molecule has 3 heterocycles. The molecule has 0 unspecified atom stereocenters. The van der Waals surface area contributed by atoms with Crippen LogP contribution in [0.5, 0.6) is 0 Å². The molecule has 0 bridgehead atoms. The van der Waals surface area contributed by atoms with Gasteiger partial charge in [-0.3, -0.25) is 15.0 Å². The predicted molar refractivity (Wildman–Crippen MR) is 93.0 cm³/mol. The summed E-state index contributed by atoms with van der Waals surface area (Å²) in [4.78, 5) is 28.4. The number of hydrogen-bond donors (Lipinski definition) is 3. The van der Waals surface area contributed by atoms with E-state index in [1.165, 1.54) is 21.5 Å². The average molecular weight is 357 g/mol. The first-order valence-electron chi connectivity index (χ1n) is 8.03. The third-order valence-electron chi connectivity index (χ3n) is 4.06. The van der Waals surface area contributed by atoms with Gasteiger partial charge in [-0.1, -0.05) is 6.07 Å². The van der Waals surface area contributed by atoms with E-state index in [4.69, 9.17) is 0 Å². The van der Waals surface area contributed by atoms with E-state index in [9.17, 15) is 14.0 Å². The van der Waals surface area contributed by atoms with Crippen LogP contribution in [0.2, 0.25) is 0 Å². The van der Waals surface area contributed by atoms with Crippen molar-refractivity contribution < 1.29 is 9.18 Å². The van der Waals surface area contributed by atoms with Crippen LogP contribution in [0.1, 0.15) is 16.9 Å². The van der Waals surface area contributed by atoms with E-state index < -0.39 is 18.1 Å². The van der Waals surface area contributed by atoms with Crippen molar-refractivity contribution in [2.24, 2.45) is 0 Å². The van der Waals surface area contributed by atoms with Gasteiger partial charge in [0.05, 0.1) is 17.9 Å². The van der Waals surface area contributed by atoms with Crippen LogP contribution in [0.4, 0.5) is 15.9 Å². The fraction of sp³-hybridized carbons (Fsp3) is 0.250. The van der Waals surface area contributed by atoms with Crippen molar-refractivity contribution in [3.05, 3.63) is 52.7 Å². The zero-order valence-corrected chi connectivity index (χ0v) is 13.8. The summed E-state index contributed by atoms with van der Waals surface area (Å²) >= 11 is 0. The van der Waals surface area contributed by atoms with Crippen LogP contribution >= 0.6 is 0 Å². The number of pyridine rings is 1. The molecule has 1 aliphatic carbocycles. The molecule has 0 spiro atoms. The second kappa shape index (κ2) is 6.14. The van der Waals surface area contributed by atoms with E-state index in [1.807, 2.05) is 0 Å². The fourth-order valence-corrected chi connectivity index (χ4v) is 2.56. The Labute approximate surface area is 146 Å². The summed E-state index contributed by atoms with van der Waals surface area (Å²) in [5.74, 6) is -0.122. The van der Waals surface area contributed by atoms with Gasteiger partial charge in [0, 0.05) is 31.8 Å². The molecule has 0 aromatic carbocycles. The molecule has 0 saturated heterocycles. The highest BCUT2D eigenvalue weighted by Crippen LogP contribution is 2.26. The molecule has 1 fully saturated rings. The number of carbonyl (C=O) groups excluding carboxylic acids is 1. The van der Waals surface area contributed by atoms with E-state index in [-0.39, 0.29) is 11.3 Å². The number of aromatic nitrogens is 4. The fourth-order valence-electron chi connectivity index (χ4n) is 2.56. The van der Waals surface area contributed by atoms with Crippen LogP contribution < -0.4 is 21.6 Å². The Morgan fingerprint density at radius 1 is 1.38 bits per heavy atom. The molecular formula is C16H16FN7O2. The van der Waals surface area contributed by atoms with Crippen molar-refractivity contribution in [3.63, 3.8) is 0 Å². The average Bonchev–Trinajstić information content (AvgIpc) is 3.15. The molecule has 9 nitrogen and oxygen atoms in total. The summed E-state index contributed by atoms with van der Waals surface area (Å²) in [7, 11) is 1.71. The van der Waals surface area contributed by atoms with Gasteiger partial charge in [-0.05, 0) is 6.07 Å². The molecule has 134 valence electrons. The Morgan fingerprint density at radius 2 is 2.19 bits per heavy atom. The van der Waals surface area contributed by atoms with Gasteiger partial charge >= 0.3 is 0 Å². The summed E-state index contributed by atoms with van der Waals surface area (Å²) in [6.07, 6.45) is 2.26. The van der Waals surface area contributed by atoms with Crippen LogP contribution in [0.3, 0.4) is 0 Å². The highest BCUT2D eigenvalue weighted by Gasteiger charge is 2.39. The molecule has 2 atom stereocenters. The zero-order valence-electron chi connectivity index (χ0n) is 13.8. The number of fused-ring (bicyclic) bond motifs is 1. The van der Waals surface area contributed by atoms with Gasteiger partial charge in [0.1, 0.15) is 6.17 Å². The van der Waals surface area contributed by atoms with E-state index in [2.05, 4.69) is 26.1 Å². The Balaban J connectivity index is 1.73. The lowest BCUT2D eigenvalue weighted by molar-refractivity contribution is 0.0940. The van der Waals surface area contributed by atoms with Gasteiger partial charge in [-0.2, -0.15) is 0 Å². The Bertz CT molecular complexity index is 1040. The van der Waals surface area contributed by atoms with Gasteiger partial charge < -0.3 is 10.6 Å². The third-order valence-corrected chi connectivity index (χ3v) is 4.06. The number of amides is 1. The summed E-state index contributed by atoms with van der Waals surface area (Å²) < 4.78 is 15.7. The van der Waals surface area contributed by atoms with Crippen LogP contribution in [-0.4, -0.2) is 44.4 Å². The number of imidazole rings is 1. The van der Waals surface area contributed by atoms with E-state index in [0.29, 0.717) is 23.6 Å². The highest BCUT2D eigenvalue weighted by molar-refractivity contribution is 5.94. The topological polar surface area (TPSA) is 105 Å². The van der Waals surface area contributed by atoms with Gasteiger partial charge in [-0.25, -0.2) is 18.6 Å². The standard InChI is InChI=1S/C16H16FN7O2/c1-18-11-7-13(21-23-5-3-2-4-14(23)25)22-24-12(8-19-15(11)24)16(26)20-10-6-9(10)17/h2-5,7-10,18H,6H2,1H3,(H,20,26)(H,21,22)/t9-,10+/m0/s1. The van der Waals surface area contributed by atoms with Gasteiger partial charge in [0.2, 0.25) is 0 Å². The van der Waals surface area contributed by atoms with Crippen molar-refractivity contribution in [1.29, 1.82) is 0 Å². The molecule has 0 radical (unpaired) electrons. The summed E-state index contributed by atoms with van der Waals surface area (Å²) in [5, 5.41) is 9.92. The maximum Gasteiger partial charge on any atom is 0.271 e. The number of halogens is 1. The maximum absolute atomic E-state index is 13.0. The molecule has 1 aliphatic rings. The van der Waals surface area contributed by atoms with Crippen LogP contribution in [-0.2, 0) is 0 Å². The Hall–Kier alpha value is -3.43.